The first-order chi connectivity index (χ1) is 9.10. The Labute approximate surface area is 111 Å². The van der Waals surface area contributed by atoms with Gasteiger partial charge in [0.15, 0.2) is 0 Å². The van der Waals surface area contributed by atoms with Gasteiger partial charge in [0.05, 0.1) is 5.69 Å². The van der Waals surface area contributed by atoms with E-state index in [2.05, 4.69) is 10.3 Å². The lowest BCUT2D eigenvalue weighted by Crippen LogP contribution is -2.16. The number of carbonyl (C=O) groups is 1. The first-order valence-corrected chi connectivity index (χ1v) is 6.14. The fraction of sp³-hybridized carbons (Fsp3) is 0.286. The van der Waals surface area contributed by atoms with Gasteiger partial charge in [0.1, 0.15) is 5.76 Å². The van der Waals surface area contributed by atoms with Gasteiger partial charge in [-0.2, -0.15) is 0 Å². The summed E-state index contributed by atoms with van der Waals surface area (Å²) in [5.74, 6) is 1.26. The Kier molecular flexibility index (Phi) is 3.97. The monoisotopic (exact) mass is 259 g/mol. The van der Waals surface area contributed by atoms with Gasteiger partial charge in [-0.25, -0.2) is 4.98 Å². The predicted octanol–water partition coefficient (Wildman–Crippen LogP) is 2.25. The van der Waals surface area contributed by atoms with Crippen molar-refractivity contribution >= 4 is 11.6 Å². The molecule has 0 bridgehead atoms. The van der Waals surface area contributed by atoms with Crippen molar-refractivity contribution in [3.05, 3.63) is 35.7 Å². The zero-order valence-corrected chi connectivity index (χ0v) is 11.1. The highest BCUT2D eigenvalue weighted by Crippen LogP contribution is 2.24. The number of aromatic nitrogens is 1. The van der Waals surface area contributed by atoms with Gasteiger partial charge < -0.3 is 15.5 Å². The van der Waals surface area contributed by atoms with Crippen LogP contribution in [0.25, 0.3) is 11.5 Å². The highest BCUT2D eigenvalue weighted by atomic mass is 16.4. The Balaban J connectivity index is 2.21. The lowest BCUT2D eigenvalue weighted by atomic mass is 10.2. The van der Waals surface area contributed by atoms with Crippen LogP contribution in [0.1, 0.15) is 17.9 Å². The molecule has 1 amide bonds. The van der Waals surface area contributed by atoms with E-state index in [4.69, 9.17) is 10.2 Å². The van der Waals surface area contributed by atoms with E-state index in [1.807, 2.05) is 38.1 Å². The first-order valence-electron chi connectivity index (χ1n) is 6.14. The summed E-state index contributed by atoms with van der Waals surface area (Å²) in [5.41, 5.74) is 7.75. The van der Waals surface area contributed by atoms with E-state index in [-0.39, 0.29) is 5.91 Å². The van der Waals surface area contributed by atoms with Gasteiger partial charge in [-0.05, 0) is 32.0 Å². The van der Waals surface area contributed by atoms with Gasteiger partial charge in [-0.15, -0.1) is 0 Å². The maximum atomic E-state index is 11.5. The molecule has 0 unspecified atom stereocenters. The average Bonchev–Trinajstić information content (AvgIpc) is 2.70. The number of rotatable bonds is 4. The standard InChI is InChI=1S/C14H17N3O2/c1-9-10(2)19-14(16-9)11-4-3-5-12(8-11)17-13(18)6-7-15/h3-5,8H,6-7,15H2,1-2H3,(H,17,18). The van der Waals surface area contributed by atoms with E-state index in [0.717, 1.165) is 17.0 Å². The third-order valence-electron chi connectivity index (χ3n) is 2.79. The molecule has 2 aromatic rings. The first kappa shape index (κ1) is 13.3. The highest BCUT2D eigenvalue weighted by Gasteiger charge is 2.09. The molecule has 100 valence electrons. The van der Waals surface area contributed by atoms with E-state index in [1.54, 1.807) is 0 Å². The Morgan fingerprint density at radius 3 is 2.84 bits per heavy atom. The second kappa shape index (κ2) is 5.67. The molecule has 5 heteroatoms. The quantitative estimate of drug-likeness (QED) is 0.882. The number of carbonyl (C=O) groups excluding carboxylic acids is 1. The fourth-order valence-electron chi connectivity index (χ4n) is 1.68. The van der Waals surface area contributed by atoms with Crippen LogP contribution >= 0.6 is 0 Å². The highest BCUT2D eigenvalue weighted by molar-refractivity contribution is 5.91. The van der Waals surface area contributed by atoms with Crippen molar-refractivity contribution in [2.75, 3.05) is 11.9 Å². The molecule has 1 aromatic carbocycles. The summed E-state index contributed by atoms with van der Waals surface area (Å²) in [6, 6.07) is 7.39. The number of nitrogens with one attached hydrogen (secondary N) is 1. The Hall–Kier alpha value is -2.14. The second-order valence-electron chi connectivity index (χ2n) is 4.33. The van der Waals surface area contributed by atoms with E-state index in [9.17, 15) is 4.79 Å². The number of nitrogens with two attached hydrogens (primary N) is 1. The van der Waals surface area contributed by atoms with Crippen LogP contribution in [0.2, 0.25) is 0 Å². The number of aryl methyl sites for hydroxylation is 2. The average molecular weight is 259 g/mol. The number of hydrogen-bond donors (Lipinski definition) is 2. The SMILES string of the molecule is Cc1nc(-c2cccc(NC(=O)CCN)c2)oc1C. The van der Waals surface area contributed by atoms with Crippen LogP contribution < -0.4 is 11.1 Å². The van der Waals surface area contributed by atoms with Gasteiger partial charge in [-0.1, -0.05) is 6.07 Å². The minimum atomic E-state index is -0.0978. The van der Waals surface area contributed by atoms with Crippen LogP contribution in [-0.2, 0) is 4.79 Å². The van der Waals surface area contributed by atoms with Gasteiger partial charge in [0, 0.05) is 24.2 Å². The molecule has 19 heavy (non-hydrogen) atoms. The van der Waals surface area contributed by atoms with Crippen molar-refractivity contribution < 1.29 is 9.21 Å². The van der Waals surface area contributed by atoms with Crippen LogP contribution in [0, 0.1) is 13.8 Å². The number of benzene rings is 1. The summed E-state index contributed by atoms with van der Waals surface area (Å²) in [5, 5.41) is 2.79. The fourth-order valence-corrected chi connectivity index (χ4v) is 1.68. The molecule has 0 fully saturated rings. The number of amides is 1. The second-order valence-corrected chi connectivity index (χ2v) is 4.33. The molecule has 0 spiro atoms. The molecule has 0 aliphatic heterocycles. The topological polar surface area (TPSA) is 81.2 Å². The zero-order valence-electron chi connectivity index (χ0n) is 11.1. The number of hydrogen-bond acceptors (Lipinski definition) is 4. The van der Waals surface area contributed by atoms with Crippen molar-refractivity contribution in [3.63, 3.8) is 0 Å². The summed E-state index contributed by atoms with van der Waals surface area (Å²) >= 11 is 0. The Morgan fingerprint density at radius 2 is 2.21 bits per heavy atom. The van der Waals surface area contributed by atoms with Crippen LogP contribution in [0.5, 0.6) is 0 Å². The molecule has 0 saturated heterocycles. The van der Waals surface area contributed by atoms with Crippen molar-refractivity contribution in [3.8, 4) is 11.5 Å². The van der Waals surface area contributed by atoms with Crippen LogP contribution in [-0.4, -0.2) is 17.4 Å². The molecule has 0 aliphatic rings. The van der Waals surface area contributed by atoms with E-state index in [0.29, 0.717) is 24.5 Å². The van der Waals surface area contributed by atoms with E-state index in [1.165, 1.54) is 0 Å². The maximum absolute atomic E-state index is 11.5. The normalized spacial score (nSPS) is 10.5. The summed E-state index contributed by atoms with van der Waals surface area (Å²) < 4.78 is 5.56. The van der Waals surface area contributed by atoms with Crippen molar-refractivity contribution in [1.82, 2.24) is 4.98 Å². The van der Waals surface area contributed by atoms with Gasteiger partial charge >= 0.3 is 0 Å². The number of nitrogens with zero attached hydrogens (tertiary/aromatic N) is 1. The third-order valence-corrected chi connectivity index (χ3v) is 2.79. The summed E-state index contributed by atoms with van der Waals surface area (Å²) in [7, 11) is 0. The molecule has 1 aromatic heterocycles. The number of anilines is 1. The molecule has 2 rings (SSSR count). The van der Waals surface area contributed by atoms with Gasteiger partial charge in [-0.3, -0.25) is 4.79 Å². The third kappa shape index (κ3) is 3.20. The van der Waals surface area contributed by atoms with Crippen molar-refractivity contribution in [2.24, 2.45) is 5.73 Å². The van der Waals surface area contributed by atoms with Crippen molar-refractivity contribution in [2.45, 2.75) is 20.3 Å². The Morgan fingerprint density at radius 1 is 1.42 bits per heavy atom. The van der Waals surface area contributed by atoms with E-state index >= 15 is 0 Å². The van der Waals surface area contributed by atoms with Crippen molar-refractivity contribution in [1.29, 1.82) is 0 Å². The van der Waals surface area contributed by atoms with Gasteiger partial charge in [0.25, 0.3) is 0 Å². The van der Waals surface area contributed by atoms with E-state index < -0.39 is 0 Å². The molecular formula is C14H17N3O2. The van der Waals surface area contributed by atoms with Crippen LogP contribution in [0.15, 0.2) is 28.7 Å². The van der Waals surface area contributed by atoms with Gasteiger partial charge in [0.2, 0.25) is 11.8 Å². The van der Waals surface area contributed by atoms with Crippen LogP contribution in [0.4, 0.5) is 5.69 Å². The smallest absolute Gasteiger partial charge is 0.226 e. The summed E-state index contributed by atoms with van der Waals surface area (Å²) in [4.78, 5) is 15.8. The zero-order chi connectivity index (χ0) is 13.8. The number of oxazole rings is 1. The summed E-state index contributed by atoms with van der Waals surface area (Å²) in [6.07, 6.45) is 0.307. The lowest BCUT2D eigenvalue weighted by Gasteiger charge is -2.05. The molecule has 0 aliphatic carbocycles. The minimum absolute atomic E-state index is 0.0978. The molecular weight excluding hydrogens is 242 g/mol. The van der Waals surface area contributed by atoms with Crippen LogP contribution in [0.3, 0.4) is 0 Å². The lowest BCUT2D eigenvalue weighted by molar-refractivity contribution is -0.116. The molecule has 0 saturated carbocycles. The largest absolute Gasteiger partial charge is 0.441 e. The molecule has 0 atom stereocenters. The predicted molar refractivity (Wildman–Crippen MR) is 73.7 cm³/mol. The molecule has 3 N–H and O–H groups in total. The molecule has 1 heterocycles. The minimum Gasteiger partial charge on any atom is -0.441 e. The molecule has 0 radical (unpaired) electrons. The maximum Gasteiger partial charge on any atom is 0.226 e. The Bertz CT molecular complexity index is 571. The summed E-state index contributed by atoms with van der Waals surface area (Å²) in [6.45, 7) is 4.11. The molecule has 5 nitrogen and oxygen atoms in total.